The SMILES string of the molecule is O=C(O)/C=C/c1ccc(/C(=C(\c2ccc(F)cc2Cl)C2CCC2)c2ccc(N3CCOCC3)cc2)cc1. The Morgan fingerprint density at radius 3 is 2.19 bits per heavy atom. The van der Waals surface area contributed by atoms with E-state index in [1.165, 1.54) is 12.1 Å². The van der Waals surface area contributed by atoms with Crippen molar-refractivity contribution in [3.8, 4) is 0 Å². The van der Waals surface area contributed by atoms with Crippen molar-refractivity contribution >= 4 is 40.5 Å². The Bertz CT molecular complexity index is 1320. The van der Waals surface area contributed by atoms with Crippen LogP contribution in [0.5, 0.6) is 0 Å². The molecule has 1 aliphatic heterocycles. The van der Waals surface area contributed by atoms with Crippen LogP contribution in [0.3, 0.4) is 0 Å². The first-order chi connectivity index (χ1) is 18.0. The van der Waals surface area contributed by atoms with Gasteiger partial charge in [0.15, 0.2) is 0 Å². The first kappa shape index (κ1) is 25.2. The number of carbonyl (C=O) groups is 1. The molecule has 1 N–H and O–H groups in total. The van der Waals surface area contributed by atoms with Crippen LogP contribution < -0.4 is 4.90 Å². The lowest BCUT2D eigenvalue weighted by atomic mass is 9.73. The summed E-state index contributed by atoms with van der Waals surface area (Å²) in [6, 6.07) is 21.1. The number of morpholine rings is 1. The first-order valence-electron chi connectivity index (χ1n) is 12.6. The number of aliphatic carboxylic acids is 1. The van der Waals surface area contributed by atoms with E-state index in [-0.39, 0.29) is 5.82 Å². The Balaban J connectivity index is 1.64. The molecule has 0 spiro atoms. The fraction of sp³-hybridized carbons (Fsp3) is 0.258. The van der Waals surface area contributed by atoms with E-state index in [1.54, 1.807) is 12.1 Å². The van der Waals surface area contributed by atoms with Crippen LogP contribution in [0.25, 0.3) is 17.2 Å². The largest absolute Gasteiger partial charge is 0.478 e. The summed E-state index contributed by atoms with van der Waals surface area (Å²) in [5.74, 6) is -1.01. The lowest BCUT2D eigenvalue weighted by Gasteiger charge is -2.32. The zero-order valence-corrected chi connectivity index (χ0v) is 21.3. The van der Waals surface area contributed by atoms with Crippen LogP contribution in [0.15, 0.2) is 72.8 Å². The minimum Gasteiger partial charge on any atom is -0.478 e. The van der Waals surface area contributed by atoms with E-state index >= 15 is 0 Å². The third-order valence-corrected chi connectivity index (χ3v) is 7.47. The molecule has 2 aliphatic rings. The molecule has 2 fully saturated rings. The second-order valence-corrected chi connectivity index (χ2v) is 9.89. The molecule has 0 radical (unpaired) electrons. The summed E-state index contributed by atoms with van der Waals surface area (Å²) in [6.45, 7) is 3.19. The second-order valence-electron chi connectivity index (χ2n) is 9.48. The quantitative estimate of drug-likeness (QED) is 0.266. The predicted molar refractivity (Wildman–Crippen MR) is 147 cm³/mol. The predicted octanol–water partition coefficient (Wildman–Crippen LogP) is 7.17. The molecular weight excluding hydrogens is 489 g/mol. The number of rotatable bonds is 7. The normalized spacial score (nSPS) is 17.0. The molecule has 1 heterocycles. The summed E-state index contributed by atoms with van der Waals surface area (Å²) in [5.41, 5.74) is 7.09. The Kier molecular flexibility index (Phi) is 7.73. The summed E-state index contributed by atoms with van der Waals surface area (Å²) in [4.78, 5) is 13.3. The molecule has 1 saturated carbocycles. The third-order valence-electron chi connectivity index (χ3n) is 7.15. The number of carboxylic acid groups (broad SMARTS) is 1. The molecule has 1 aliphatic carbocycles. The summed E-state index contributed by atoms with van der Waals surface area (Å²) in [5, 5.41) is 9.39. The van der Waals surface area contributed by atoms with Gasteiger partial charge in [0.25, 0.3) is 0 Å². The molecule has 0 amide bonds. The van der Waals surface area contributed by atoms with Crippen molar-refractivity contribution in [2.45, 2.75) is 19.3 Å². The van der Waals surface area contributed by atoms with Crippen molar-refractivity contribution in [1.82, 2.24) is 0 Å². The number of ether oxygens (including phenoxy) is 1. The molecule has 190 valence electrons. The number of carboxylic acids is 1. The monoisotopic (exact) mass is 517 g/mol. The first-order valence-corrected chi connectivity index (χ1v) is 13.0. The molecule has 6 heteroatoms. The molecule has 5 rings (SSSR count). The summed E-state index contributed by atoms with van der Waals surface area (Å²) in [7, 11) is 0. The fourth-order valence-corrected chi connectivity index (χ4v) is 5.30. The number of nitrogens with zero attached hydrogens (tertiary/aromatic N) is 1. The van der Waals surface area contributed by atoms with Gasteiger partial charge in [0.1, 0.15) is 5.82 Å². The average molecular weight is 518 g/mol. The Morgan fingerprint density at radius 2 is 1.62 bits per heavy atom. The molecule has 4 nitrogen and oxygen atoms in total. The van der Waals surface area contributed by atoms with Crippen molar-refractivity contribution in [2.24, 2.45) is 5.92 Å². The second kappa shape index (κ2) is 11.3. The minimum atomic E-state index is -0.983. The highest BCUT2D eigenvalue weighted by Gasteiger charge is 2.28. The highest BCUT2D eigenvalue weighted by Crippen LogP contribution is 2.47. The smallest absolute Gasteiger partial charge is 0.328 e. The van der Waals surface area contributed by atoms with Gasteiger partial charge >= 0.3 is 5.97 Å². The highest BCUT2D eigenvalue weighted by molar-refractivity contribution is 6.32. The summed E-state index contributed by atoms with van der Waals surface area (Å²) in [6.07, 6.45) is 5.97. The van der Waals surface area contributed by atoms with Gasteiger partial charge < -0.3 is 14.7 Å². The van der Waals surface area contributed by atoms with Crippen LogP contribution in [0.2, 0.25) is 5.02 Å². The van der Waals surface area contributed by atoms with Gasteiger partial charge in [-0.3, -0.25) is 0 Å². The van der Waals surface area contributed by atoms with Crippen LogP contribution in [0.4, 0.5) is 10.1 Å². The number of benzene rings is 3. The molecule has 1 saturated heterocycles. The molecule has 0 bridgehead atoms. The Hall–Kier alpha value is -3.41. The van der Waals surface area contributed by atoms with Crippen molar-refractivity contribution in [3.63, 3.8) is 0 Å². The molecule has 37 heavy (non-hydrogen) atoms. The van der Waals surface area contributed by atoms with Crippen molar-refractivity contribution < 1.29 is 19.0 Å². The van der Waals surface area contributed by atoms with E-state index < -0.39 is 5.97 Å². The average Bonchev–Trinajstić information content (AvgIpc) is 2.88. The zero-order valence-electron chi connectivity index (χ0n) is 20.5. The van der Waals surface area contributed by atoms with Gasteiger partial charge in [-0.2, -0.15) is 0 Å². The van der Waals surface area contributed by atoms with Gasteiger partial charge in [-0.15, -0.1) is 0 Å². The number of allylic oxidation sites excluding steroid dienone is 1. The van der Waals surface area contributed by atoms with Crippen LogP contribution in [0.1, 0.15) is 41.5 Å². The van der Waals surface area contributed by atoms with Crippen LogP contribution in [0, 0.1) is 11.7 Å². The Labute approximate surface area is 221 Å². The lowest BCUT2D eigenvalue weighted by Crippen LogP contribution is -2.36. The molecule has 0 atom stereocenters. The van der Waals surface area contributed by atoms with Gasteiger partial charge in [-0.25, -0.2) is 9.18 Å². The van der Waals surface area contributed by atoms with Gasteiger partial charge in [0, 0.05) is 24.9 Å². The van der Waals surface area contributed by atoms with E-state index in [4.69, 9.17) is 21.4 Å². The maximum atomic E-state index is 14.0. The standard InChI is InChI=1S/C31H29ClFNO3/c32-28-20-25(33)11-14-27(28)31(22-2-1-3-22)30(23-7-4-21(5-8-23)6-15-29(35)36)24-9-12-26(13-10-24)34-16-18-37-19-17-34/h4-15,20,22H,1-3,16-19H2,(H,35,36)/b15-6+,31-30+. The zero-order chi connectivity index (χ0) is 25.8. The highest BCUT2D eigenvalue weighted by atomic mass is 35.5. The Morgan fingerprint density at radius 1 is 0.973 bits per heavy atom. The van der Waals surface area contributed by atoms with Gasteiger partial charge in [0.05, 0.1) is 18.2 Å². The van der Waals surface area contributed by atoms with Gasteiger partial charge in [-0.1, -0.05) is 60.5 Å². The van der Waals surface area contributed by atoms with E-state index in [2.05, 4.69) is 29.2 Å². The minimum absolute atomic E-state index is 0.323. The molecule has 0 unspecified atom stereocenters. The number of hydrogen-bond acceptors (Lipinski definition) is 3. The van der Waals surface area contributed by atoms with Crippen molar-refractivity contribution in [1.29, 1.82) is 0 Å². The molecule has 0 aromatic heterocycles. The molecular formula is C31H29ClFNO3. The van der Waals surface area contributed by atoms with E-state index in [1.807, 2.05) is 24.3 Å². The van der Waals surface area contributed by atoms with Crippen LogP contribution in [-0.4, -0.2) is 37.4 Å². The van der Waals surface area contributed by atoms with Gasteiger partial charge in [-0.05, 0) is 82.5 Å². The lowest BCUT2D eigenvalue weighted by molar-refractivity contribution is -0.131. The number of halogens is 2. The summed E-state index contributed by atoms with van der Waals surface area (Å²) >= 11 is 6.63. The topological polar surface area (TPSA) is 49.8 Å². The maximum Gasteiger partial charge on any atom is 0.328 e. The van der Waals surface area contributed by atoms with E-state index in [9.17, 15) is 9.18 Å². The van der Waals surface area contributed by atoms with Crippen molar-refractivity contribution in [2.75, 3.05) is 31.2 Å². The maximum absolute atomic E-state index is 14.0. The van der Waals surface area contributed by atoms with Crippen molar-refractivity contribution in [3.05, 3.63) is 106 Å². The summed E-state index contributed by atoms with van der Waals surface area (Å²) < 4.78 is 19.5. The van der Waals surface area contributed by atoms with E-state index in [0.717, 1.165) is 90.7 Å². The van der Waals surface area contributed by atoms with Crippen LogP contribution >= 0.6 is 11.6 Å². The number of hydrogen-bond donors (Lipinski definition) is 1. The molecule has 3 aromatic rings. The molecule has 3 aromatic carbocycles. The number of anilines is 1. The van der Waals surface area contributed by atoms with Gasteiger partial charge in [0.2, 0.25) is 0 Å². The van der Waals surface area contributed by atoms with E-state index in [0.29, 0.717) is 10.9 Å². The fourth-order valence-electron chi connectivity index (χ4n) is 5.03. The van der Waals surface area contributed by atoms with Crippen LogP contribution in [-0.2, 0) is 9.53 Å². The third kappa shape index (κ3) is 5.79.